The fraction of sp³-hybridized carbons (Fsp3) is 0.536. The number of amides is 4. The van der Waals surface area contributed by atoms with Crippen molar-refractivity contribution in [1.82, 2.24) is 10.2 Å². The lowest BCUT2D eigenvalue weighted by molar-refractivity contribution is -0.241. The number of nitrogens with zero attached hydrogens (tertiary/aromatic N) is 1. The number of carbonyl (C=O) groups excluding carboxylic acids is 3. The number of ether oxygens (including phenoxy) is 4. The maximum absolute atomic E-state index is 13.0. The van der Waals surface area contributed by atoms with Crippen LogP contribution >= 0.6 is 0 Å². The largest absolute Gasteiger partial charge is 0.456 e. The average Bonchev–Trinajstić information content (AvgIpc) is 3.38. The monoisotopic (exact) mass is 590 g/mol. The third-order valence-electron chi connectivity index (χ3n) is 7.22. The number of unbranched alkanes of at least 4 members (excludes halogenated alkanes) is 2. The molecule has 14 nitrogen and oxygen atoms in total. The minimum absolute atomic E-state index is 0.115. The molecular formula is C28H38N4O10. The molecule has 230 valence electrons. The molecule has 42 heavy (non-hydrogen) atoms. The number of nitrogens with one attached hydrogen (secondary N) is 2. The van der Waals surface area contributed by atoms with Gasteiger partial charge in [0.1, 0.15) is 30.8 Å². The van der Waals surface area contributed by atoms with E-state index in [4.69, 9.17) is 24.7 Å². The first-order valence-corrected chi connectivity index (χ1v) is 13.8. The first kappa shape index (κ1) is 31.4. The highest BCUT2D eigenvalue weighted by molar-refractivity contribution is 6.02. The molecule has 1 saturated heterocycles. The van der Waals surface area contributed by atoms with E-state index in [2.05, 4.69) is 17.6 Å². The van der Waals surface area contributed by atoms with Crippen molar-refractivity contribution in [2.24, 2.45) is 5.73 Å². The summed E-state index contributed by atoms with van der Waals surface area (Å²) in [7, 11) is 1.37. The Morgan fingerprint density at radius 3 is 2.60 bits per heavy atom. The molecule has 1 aromatic carbocycles. The predicted octanol–water partition coefficient (Wildman–Crippen LogP) is 0.178. The smallest absolute Gasteiger partial charge is 0.325 e. The SMILES string of the molecule is CCCCCc1ccc(NC(=O)C2=C[C@H](O)[C@H](O)[C@@H](OC(C(N)=O)[C@H]3O[C@@H](N4C=CC(O)NC4=O)C[C@@H]3OC)O2)cc1. The van der Waals surface area contributed by atoms with Gasteiger partial charge in [0.25, 0.3) is 5.91 Å². The maximum Gasteiger partial charge on any atom is 0.325 e. The fourth-order valence-corrected chi connectivity index (χ4v) is 4.91. The molecule has 3 aliphatic heterocycles. The molecule has 14 heteroatoms. The van der Waals surface area contributed by atoms with E-state index in [-0.39, 0.29) is 12.2 Å². The minimum atomic E-state index is -1.68. The number of hydrogen-bond acceptors (Lipinski definition) is 10. The Hall–Kier alpha value is -3.53. The topological polar surface area (TPSA) is 202 Å². The van der Waals surface area contributed by atoms with Crippen molar-refractivity contribution in [1.29, 1.82) is 0 Å². The number of benzene rings is 1. The lowest BCUT2D eigenvalue weighted by Crippen LogP contribution is -2.53. The molecule has 1 fully saturated rings. The summed E-state index contributed by atoms with van der Waals surface area (Å²) in [5, 5.41) is 35.6. The molecule has 7 N–H and O–H groups in total. The molecule has 1 aromatic rings. The Labute approximate surface area is 243 Å². The number of hydrogen-bond donors (Lipinski definition) is 6. The van der Waals surface area contributed by atoms with Crippen LogP contribution in [0.3, 0.4) is 0 Å². The van der Waals surface area contributed by atoms with Crippen molar-refractivity contribution < 1.29 is 48.7 Å². The lowest BCUT2D eigenvalue weighted by atomic mass is 10.1. The van der Waals surface area contributed by atoms with Crippen LogP contribution in [0, 0.1) is 0 Å². The molecule has 0 aromatic heterocycles. The predicted molar refractivity (Wildman–Crippen MR) is 147 cm³/mol. The van der Waals surface area contributed by atoms with Gasteiger partial charge in [-0.3, -0.25) is 14.5 Å². The van der Waals surface area contributed by atoms with Crippen LogP contribution in [0.15, 0.2) is 48.4 Å². The van der Waals surface area contributed by atoms with Crippen LogP contribution in [-0.2, 0) is 35.0 Å². The molecule has 3 heterocycles. The second kappa shape index (κ2) is 14.1. The van der Waals surface area contributed by atoms with Crippen molar-refractivity contribution in [3.05, 3.63) is 53.9 Å². The van der Waals surface area contributed by atoms with Crippen molar-refractivity contribution in [2.45, 2.75) is 88.3 Å². The second-order valence-electron chi connectivity index (χ2n) is 10.3. The van der Waals surface area contributed by atoms with Gasteiger partial charge < -0.3 is 50.6 Å². The summed E-state index contributed by atoms with van der Waals surface area (Å²) in [6.07, 6.45) is -2.42. The van der Waals surface area contributed by atoms with E-state index in [1.807, 2.05) is 12.1 Å². The Morgan fingerprint density at radius 1 is 1.21 bits per heavy atom. The molecule has 3 aliphatic rings. The van der Waals surface area contributed by atoms with E-state index >= 15 is 0 Å². The zero-order chi connectivity index (χ0) is 30.4. The van der Waals surface area contributed by atoms with Gasteiger partial charge in [0, 0.05) is 25.4 Å². The molecule has 0 saturated carbocycles. The zero-order valence-corrected chi connectivity index (χ0v) is 23.4. The highest BCUT2D eigenvalue weighted by Gasteiger charge is 2.49. The van der Waals surface area contributed by atoms with Crippen LogP contribution < -0.4 is 16.4 Å². The molecular weight excluding hydrogens is 552 g/mol. The van der Waals surface area contributed by atoms with Gasteiger partial charge in [-0.05, 0) is 42.7 Å². The zero-order valence-electron chi connectivity index (χ0n) is 23.4. The van der Waals surface area contributed by atoms with Crippen LogP contribution in [0.2, 0.25) is 0 Å². The molecule has 2 unspecified atom stereocenters. The summed E-state index contributed by atoms with van der Waals surface area (Å²) in [6.45, 7) is 2.14. The van der Waals surface area contributed by atoms with Crippen LogP contribution in [0.5, 0.6) is 0 Å². The molecule has 0 radical (unpaired) electrons. The number of nitrogens with two attached hydrogens (primary N) is 1. The van der Waals surface area contributed by atoms with Gasteiger partial charge in [-0.1, -0.05) is 31.9 Å². The molecule has 4 amide bonds. The molecule has 0 bridgehead atoms. The fourth-order valence-electron chi connectivity index (χ4n) is 4.91. The number of methoxy groups -OCH3 is 1. The number of aliphatic hydroxyl groups is 3. The van der Waals surface area contributed by atoms with Crippen LogP contribution in [0.1, 0.15) is 38.2 Å². The van der Waals surface area contributed by atoms with E-state index in [0.29, 0.717) is 5.69 Å². The molecule has 4 rings (SSSR count). The number of urea groups is 1. The average molecular weight is 591 g/mol. The number of aryl methyl sites for hydroxylation is 1. The number of primary amides is 1. The number of rotatable bonds is 12. The van der Waals surface area contributed by atoms with Crippen molar-refractivity contribution in [2.75, 3.05) is 12.4 Å². The van der Waals surface area contributed by atoms with Gasteiger partial charge in [0.05, 0.1) is 6.10 Å². The number of anilines is 1. The summed E-state index contributed by atoms with van der Waals surface area (Å²) in [4.78, 5) is 39.0. The quantitative estimate of drug-likeness (QED) is 0.182. The van der Waals surface area contributed by atoms with Crippen molar-refractivity contribution in [3.63, 3.8) is 0 Å². The molecule has 0 spiro atoms. The lowest BCUT2D eigenvalue weighted by Gasteiger charge is -2.35. The van der Waals surface area contributed by atoms with Gasteiger partial charge in [-0.2, -0.15) is 0 Å². The number of carbonyl (C=O) groups is 3. The third-order valence-corrected chi connectivity index (χ3v) is 7.22. The second-order valence-corrected chi connectivity index (χ2v) is 10.3. The van der Waals surface area contributed by atoms with Gasteiger partial charge >= 0.3 is 6.03 Å². The summed E-state index contributed by atoms with van der Waals surface area (Å²) in [5.74, 6) is -2.04. The van der Waals surface area contributed by atoms with Crippen molar-refractivity contribution in [3.8, 4) is 0 Å². The van der Waals surface area contributed by atoms with E-state index in [0.717, 1.165) is 37.3 Å². The summed E-state index contributed by atoms with van der Waals surface area (Å²) in [5.41, 5.74) is 7.25. The third kappa shape index (κ3) is 7.45. The normalized spacial score (nSPS) is 29.8. The van der Waals surface area contributed by atoms with Crippen LogP contribution in [0.25, 0.3) is 0 Å². The van der Waals surface area contributed by atoms with Crippen LogP contribution in [0.4, 0.5) is 10.5 Å². The standard InChI is InChI=1S/C28H38N4O10/c1-3-4-5-6-15-7-9-16(10-8-15)30-26(37)19-13-17(33)22(35)27(40-19)42-24(25(29)36)23-18(39-2)14-21(41-23)32-12-11-20(34)31-28(32)38/h7-13,17-18,20-24,27,33-35H,3-6,14H2,1-2H3,(H2,29,36)(H,30,37)(H,31,38)/t17-,18-,20?,21+,22-,23-,24?,27+/m0/s1. The van der Waals surface area contributed by atoms with Crippen LogP contribution in [-0.4, -0.2) is 94.4 Å². The Kier molecular flexibility index (Phi) is 10.5. The van der Waals surface area contributed by atoms with Gasteiger partial charge in [-0.25, -0.2) is 4.79 Å². The van der Waals surface area contributed by atoms with E-state index in [1.165, 1.54) is 24.3 Å². The Morgan fingerprint density at radius 2 is 1.95 bits per heavy atom. The number of aliphatic hydroxyl groups excluding tert-OH is 3. The summed E-state index contributed by atoms with van der Waals surface area (Å²) < 4.78 is 22.7. The Balaban J connectivity index is 1.42. The Bertz CT molecular complexity index is 1180. The van der Waals surface area contributed by atoms with E-state index < -0.39 is 67.1 Å². The summed E-state index contributed by atoms with van der Waals surface area (Å²) >= 11 is 0. The minimum Gasteiger partial charge on any atom is -0.456 e. The summed E-state index contributed by atoms with van der Waals surface area (Å²) in [6, 6.07) is 6.69. The molecule has 8 atom stereocenters. The molecule has 0 aliphatic carbocycles. The van der Waals surface area contributed by atoms with E-state index in [9.17, 15) is 29.7 Å². The highest BCUT2D eigenvalue weighted by Crippen LogP contribution is 2.32. The highest BCUT2D eigenvalue weighted by atomic mass is 16.7. The maximum atomic E-state index is 13.0. The first-order chi connectivity index (χ1) is 20.1. The van der Waals surface area contributed by atoms with Gasteiger partial charge in [0.2, 0.25) is 12.2 Å². The first-order valence-electron chi connectivity index (χ1n) is 13.8. The van der Waals surface area contributed by atoms with Gasteiger partial charge in [-0.15, -0.1) is 0 Å². The van der Waals surface area contributed by atoms with Crippen molar-refractivity contribution >= 4 is 23.5 Å². The van der Waals surface area contributed by atoms with Gasteiger partial charge in [0.15, 0.2) is 11.9 Å². The van der Waals surface area contributed by atoms with E-state index in [1.54, 1.807) is 12.1 Å².